The van der Waals surface area contributed by atoms with Crippen molar-refractivity contribution in [3.8, 4) is 17.1 Å². The van der Waals surface area contributed by atoms with Gasteiger partial charge < -0.3 is 14.2 Å². The summed E-state index contributed by atoms with van der Waals surface area (Å²) in [6, 6.07) is 6.03. The number of carbonyl (C=O) groups is 1. The molecule has 1 fully saturated rings. The van der Waals surface area contributed by atoms with Crippen molar-refractivity contribution in [2.75, 3.05) is 20.7 Å². The van der Waals surface area contributed by atoms with Crippen LogP contribution >= 0.6 is 0 Å². The van der Waals surface area contributed by atoms with Gasteiger partial charge in [0.15, 0.2) is 0 Å². The van der Waals surface area contributed by atoms with Crippen LogP contribution in [0.5, 0.6) is 5.75 Å². The molecule has 8 nitrogen and oxygen atoms in total. The van der Waals surface area contributed by atoms with Crippen molar-refractivity contribution in [3.05, 3.63) is 48.8 Å². The predicted molar refractivity (Wildman–Crippen MR) is 99.1 cm³/mol. The standard InChI is InChI=1S/C19H22N6O2/c1-23-9-14(7-18(23)26)10-24-6-5-21-19(24)15-3-4-17(27-2)16(8-15)11-25-13-20-12-22-25/h3-6,8,12-14H,7,9-11H2,1-2H3. The smallest absolute Gasteiger partial charge is 0.222 e. The number of hydrogen-bond acceptors (Lipinski definition) is 5. The fraction of sp³-hybridized carbons (Fsp3) is 0.368. The topological polar surface area (TPSA) is 78.1 Å². The van der Waals surface area contributed by atoms with Crippen LogP contribution in [0.3, 0.4) is 0 Å². The maximum Gasteiger partial charge on any atom is 0.222 e. The Bertz CT molecular complexity index is 934. The van der Waals surface area contributed by atoms with E-state index in [2.05, 4.69) is 25.7 Å². The molecule has 0 aliphatic carbocycles. The molecule has 1 aliphatic rings. The minimum absolute atomic E-state index is 0.209. The van der Waals surface area contributed by atoms with E-state index in [0.717, 1.165) is 35.8 Å². The van der Waals surface area contributed by atoms with E-state index in [1.807, 2.05) is 25.4 Å². The number of nitrogens with zero attached hydrogens (tertiary/aromatic N) is 6. The van der Waals surface area contributed by atoms with Crippen molar-refractivity contribution in [2.24, 2.45) is 5.92 Å². The predicted octanol–water partition coefficient (Wildman–Crippen LogP) is 1.68. The quantitative estimate of drug-likeness (QED) is 0.663. The van der Waals surface area contributed by atoms with E-state index in [0.29, 0.717) is 18.9 Å². The normalized spacial score (nSPS) is 16.9. The molecule has 3 aromatic rings. The number of methoxy groups -OCH3 is 1. The number of benzene rings is 1. The van der Waals surface area contributed by atoms with Crippen molar-refractivity contribution in [1.82, 2.24) is 29.2 Å². The highest BCUT2D eigenvalue weighted by Crippen LogP contribution is 2.28. The molecule has 0 N–H and O–H groups in total. The molecule has 1 atom stereocenters. The highest BCUT2D eigenvalue weighted by molar-refractivity contribution is 5.78. The number of likely N-dealkylation sites (tertiary alicyclic amines) is 1. The van der Waals surface area contributed by atoms with Gasteiger partial charge in [-0.05, 0) is 18.2 Å². The maximum absolute atomic E-state index is 11.8. The van der Waals surface area contributed by atoms with Gasteiger partial charge in [0.2, 0.25) is 5.91 Å². The van der Waals surface area contributed by atoms with Crippen molar-refractivity contribution < 1.29 is 9.53 Å². The molecule has 4 rings (SSSR count). The lowest BCUT2D eigenvalue weighted by atomic mass is 10.1. The Morgan fingerprint density at radius 1 is 1.33 bits per heavy atom. The minimum atomic E-state index is 0.209. The van der Waals surface area contributed by atoms with Gasteiger partial charge in [-0.2, -0.15) is 5.10 Å². The van der Waals surface area contributed by atoms with Gasteiger partial charge in [0.05, 0.1) is 13.7 Å². The summed E-state index contributed by atoms with van der Waals surface area (Å²) in [7, 11) is 3.52. The van der Waals surface area contributed by atoms with Crippen molar-refractivity contribution in [2.45, 2.75) is 19.5 Å². The van der Waals surface area contributed by atoms with E-state index in [-0.39, 0.29) is 5.91 Å². The number of ether oxygens (including phenoxy) is 1. The molecule has 1 saturated heterocycles. The molecule has 0 saturated carbocycles. The van der Waals surface area contributed by atoms with Gasteiger partial charge in [0, 0.05) is 56.0 Å². The zero-order valence-electron chi connectivity index (χ0n) is 15.4. The monoisotopic (exact) mass is 366 g/mol. The molecular formula is C19H22N6O2. The van der Waals surface area contributed by atoms with Crippen LogP contribution in [0.15, 0.2) is 43.2 Å². The number of amides is 1. The molecule has 0 spiro atoms. The lowest BCUT2D eigenvalue weighted by Gasteiger charge is -2.15. The molecular weight excluding hydrogens is 344 g/mol. The van der Waals surface area contributed by atoms with Crippen molar-refractivity contribution >= 4 is 5.91 Å². The first-order chi connectivity index (χ1) is 13.1. The Morgan fingerprint density at radius 2 is 2.22 bits per heavy atom. The van der Waals surface area contributed by atoms with Crippen LogP contribution in [-0.4, -0.2) is 55.8 Å². The summed E-state index contributed by atoms with van der Waals surface area (Å²) in [6.07, 6.45) is 7.56. The van der Waals surface area contributed by atoms with Crippen LogP contribution in [-0.2, 0) is 17.9 Å². The van der Waals surface area contributed by atoms with Gasteiger partial charge in [-0.15, -0.1) is 0 Å². The molecule has 0 radical (unpaired) electrons. The second kappa shape index (κ2) is 7.22. The number of hydrogen-bond donors (Lipinski definition) is 0. The number of aromatic nitrogens is 5. The first-order valence-corrected chi connectivity index (χ1v) is 8.89. The first-order valence-electron chi connectivity index (χ1n) is 8.89. The summed E-state index contributed by atoms with van der Waals surface area (Å²) in [4.78, 5) is 22.1. The Labute approximate surface area is 157 Å². The molecule has 8 heteroatoms. The number of carbonyl (C=O) groups excluding carboxylic acids is 1. The Morgan fingerprint density at radius 3 is 2.93 bits per heavy atom. The highest BCUT2D eigenvalue weighted by Gasteiger charge is 2.27. The summed E-state index contributed by atoms with van der Waals surface area (Å²) < 4.78 is 9.38. The minimum Gasteiger partial charge on any atom is -0.496 e. The van der Waals surface area contributed by atoms with Gasteiger partial charge in [0.1, 0.15) is 24.2 Å². The SMILES string of the molecule is COc1ccc(-c2nccn2CC2CC(=O)N(C)C2)cc1Cn1cncn1. The third-order valence-corrected chi connectivity index (χ3v) is 4.93. The zero-order chi connectivity index (χ0) is 18.8. The van der Waals surface area contributed by atoms with Gasteiger partial charge in [-0.25, -0.2) is 14.6 Å². The van der Waals surface area contributed by atoms with Gasteiger partial charge in [-0.1, -0.05) is 0 Å². The Hall–Kier alpha value is -3.16. The molecule has 1 unspecified atom stereocenters. The van der Waals surface area contributed by atoms with Gasteiger partial charge in [-0.3, -0.25) is 4.79 Å². The van der Waals surface area contributed by atoms with E-state index < -0.39 is 0 Å². The van der Waals surface area contributed by atoms with Gasteiger partial charge in [0.25, 0.3) is 0 Å². The molecule has 1 aliphatic heterocycles. The van der Waals surface area contributed by atoms with Crippen LogP contribution in [0.1, 0.15) is 12.0 Å². The first kappa shape index (κ1) is 17.3. The third-order valence-electron chi connectivity index (χ3n) is 4.93. The maximum atomic E-state index is 11.8. The van der Waals surface area contributed by atoms with E-state index >= 15 is 0 Å². The molecule has 1 aromatic carbocycles. The lowest BCUT2D eigenvalue weighted by molar-refractivity contribution is -0.126. The average molecular weight is 366 g/mol. The van der Waals surface area contributed by atoms with E-state index in [1.165, 1.54) is 6.33 Å². The van der Waals surface area contributed by atoms with Crippen LogP contribution in [0.4, 0.5) is 0 Å². The summed E-state index contributed by atoms with van der Waals surface area (Å²) in [5.41, 5.74) is 2.01. The van der Waals surface area contributed by atoms with E-state index in [4.69, 9.17) is 4.74 Å². The van der Waals surface area contributed by atoms with Crippen molar-refractivity contribution in [3.63, 3.8) is 0 Å². The largest absolute Gasteiger partial charge is 0.496 e. The molecule has 2 aromatic heterocycles. The highest BCUT2D eigenvalue weighted by atomic mass is 16.5. The average Bonchev–Trinajstić information content (AvgIpc) is 3.39. The van der Waals surface area contributed by atoms with Crippen LogP contribution < -0.4 is 4.74 Å². The van der Waals surface area contributed by atoms with Crippen LogP contribution in [0.25, 0.3) is 11.4 Å². The van der Waals surface area contributed by atoms with Crippen LogP contribution in [0, 0.1) is 5.92 Å². The summed E-state index contributed by atoms with van der Waals surface area (Å²) in [5.74, 6) is 2.21. The molecule has 27 heavy (non-hydrogen) atoms. The molecule has 3 heterocycles. The van der Waals surface area contributed by atoms with Crippen molar-refractivity contribution in [1.29, 1.82) is 0 Å². The summed E-state index contributed by atoms with van der Waals surface area (Å²) >= 11 is 0. The Balaban J connectivity index is 1.60. The fourth-order valence-corrected chi connectivity index (χ4v) is 3.60. The number of imidazole rings is 1. The summed E-state index contributed by atoms with van der Waals surface area (Å²) in [6.45, 7) is 2.13. The number of rotatable bonds is 6. The molecule has 1 amide bonds. The lowest BCUT2D eigenvalue weighted by Crippen LogP contribution is -2.20. The second-order valence-electron chi connectivity index (χ2n) is 6.87. The van der Waals surface area contributed by atoms with E-state index in [9.17, 15) is 4.79 Å². The fourth-order valence-electron chi connectivity index (χ4n) is 3.60. The summed E-state index contributed by atoms with van der Waals surface area (Å²) in [5, 5.41) is 4.17. The Kier molecular flexibility index (Phi) is 4.62. The van der Waals surface area contributed by atoms with E-state index in [1.54, 1.807) is 29.2 Å². The second-order valence-corrected chi connectivity index (χ2v) is 6.87. The third kappa shape index (κ3) is 3.55. The van der Waals surface area contributed by atoms with Crippen LogP contribution in [0.2, 0.25) is 0 Å². The zero-order valence-corrected chi connectivity index (χ0v) is 15.4. The molecule has 140 valence electrons. The van der Waals surface area contributed by atoms with Gasteiger partial charge >= 0.3 is 0 Å². The molecule has 0 bridgehead atoms.